The van der Waals surface area contributed by atoms with E-state index in [2.05, 4.69) is 27.2 Å². The van der Waals surface area contributed by atoms with Gasteiger partial charge in [-0.05, 0) is 36.8 Å². The first-order valence-electron chi connectivity index (χ1n) is 8.68. The van der Waals surface area contributed by atoms with Crippen molar-refractivity contribution in [3.05, 3.63) is 72.3 Å². The minimum Gasteiger partial charge on any atom is -0.348 e. The van der Waals surface area contributed by atoms with Gasteiger partial charge in [0.05, 0.1) is 23.1 Å². The van der Waals surface area contributed by atoms with Gasteiger partial charge in [-0.1, -0.05) is 24.8 Å². The van der Waals surface area contributed by atoms with Crippen LogP contribution in [0.15, 0.2) is 55.4 Å². The minimum absolute atomic E-state index is 0.0914. The second-order valence-corrected chi connectivity index (χ2v) is 6.10. The quantitative estimate of drug-likeness (QED) is 0.722. The van der Waals surface area contributed by atoms with E-state index in [9.17, 15) is 4.79 Å². The van der Waals surface area contributed by atoms with E-state index in [1.807, 2.05) is 54.1 Å². The number of carbonyl (C=O) groups is 1. The van der Waals surface area contributed by atoms with Crippen LogP contribution in [0.5, 0.6) is 0 Å². The van der Waals surface area contributed by atoms with Crippen molar-refractivity contribution in [3.63, 3.8) is 0 Å². The summed E-state index contributed by atoms with van der Waals surface area (Å²) in [7, 11) is 0. The molecule has 1 aliphatic heterocycles. The summed E-state index contributed by atoms with van der Waals surface area (Å²) in [6.07, 6.45) is 9.11. The Morgan fingerprint density at radius 1 is 1.26 bits per heavy atom. The third-order valence-corrected chi connectivity index (χ3v) is 4.48. The molecule has 0 aliphatic carbocycles. The normalized spacial score (nSPS) is 12.9. The highest BCUT2D eigenvalue weighted by molar-refractivity contribution is 6.06. The third kappa shape index (κ3) is 2.91. The molecule has 1 aromatic carbocycles. The molecule has 4 rings (SSSR count). The Kier molecular flexibility index (Phi) is 4.30. The summed E-state index contributed by atoms with van der Waals surface area (Å²) >= 11 is 0. The van der Waals surface area contributed by atoms with Gasteiger partial charge in [0.25, 0.3) is 5.91 Å². The zero-order valence-corrected chi connectivity index (χ0v) is 14.9. The lowest BCUT2D eigenvalue weighted by molar-refractivity contribution is 0.0966. The van der Waals surface area contributed by atoms with Gasteiger partial charge < -0.3 is 15.2 Å². The molecule has 3 aromatic rings. The van der Waals surface area contributed by atoms with Crippen LogP contribution in [0.3, 0.4) is 0 Å². The fourth-order valence-corrected chi connectivity index (χ4v) is 3.30. The molecular formula is C21H19N5O. The Bertz CT molecular complexity index is 1050. The van der Waals surface area contributed by atoms with E-state index >= 15 is 0 Å². The van der Waals surface area contributed by atoms with Crippen molar-refractivity contribution in [2.24, 2.45) is 0 Å². The highest BCUT2D eigenvalue weighted by atomic mass is 16.1. The van der Waals surface area contributed by atoms with Crippen LogP contribution in [-0.2, 0) is 6.54 Å². The van der Waals surface area contributed by atoms with E-state index < -0.39 is 0 Å². The number of nitrogens with zero attached hydrogens (tertiary/aromatic N) is 3. The first-order chi connectivity index (χ1) is 13.2. The van der Waals surface area contributed by atoms with Gasteiger partial charge in [-0.2, -0.15) is 0 Å². The van der Waals surface area contributed by atoms with Crippen molar-refractivity contribution in [2.45, 2.75) is 13.5 Å². The highest BCUT2D eigenvalue weighted by Crippen LogP contribution is 2.35. The summed E-state index contributed by atoms with van der Waals surface area (Å²) < 4.78 is 1.97. The van der Waals surface area contributed by atoms with Crippen LogP contribution in [-0.4, -0.2) is 20.4 Å². The first kappa shape index (κ1) is 16.8. The number of hydrogen-bond acceptors (Lipinski definition) is 4. The molecule has 0 saturated carbocycles. The van der Waals surface area contributed by atoms with E-state index in [1.165, 1.54) is 0 Å². The molecule has 0 unspecified atom stereocenters. The van der Waals surface area contributed by atoms with E-state index in [1.54, 1.807) is 18.5 Å². The second kappa shape index (κ2) is 6.92. The molecule has 0 fully saturated rings. The maximum Gasteiger partial charge on any atom is 0.254 e. The predicted molar refractivity (Wildman–Crippen MR) is 107 cm³/mol. The summed E-state index contributed by atoms with van der Waals surface area (Å²) in [5.74, 6) is 1.36. The van der Waals surface area contributed by atoms with Gasteiger partial charge in [-0.25, -0.2) is 9.97 Å². The number of pyridine rings is 1. The van der Waals surface area contributed by atoms with Gasteiger partial charge >= 0.3 is 0 Å². The fraction of sp³-hybridized carbons (Fsp3) is 0.0952. The van der Waals surface area contributed by atoms with Crippen molar-refractivity contribution >= 4 is 29.7 Å². The molecule has 0 saturated heterocycles. The monoisotopic (exact) mass is 357 g/mol. The molecular weight excluding hydrogens is 338 g/mol. The number of allylic oxidation sites excluding steroid dienone is 1. The zero-order chi connectivity index (χ0) is 18.8. The number of amides is 1. The average Bonchev–Trinajstić information content (AvgIpc) is 3.27. The van der Waals surface area contributed by atoms with Gasteiger partial charge in [-0.3, -0.25) is 4.79 Å². The lowest BCUT2D eigenvalue weighted by Crippen LogP contribution is -2.13. The van der Waals surface area contributed by atoms with Crippen LogP contribution in [0.2, 0.25) is 0 Å². The molecule has 3 heterocycles. The van der Waals surface area contributed by atoms with Gasteiger partial charge in [0.15, 0.2) is 0 Å². The maximum atomic E-state index is 12.5. The van der Waals surface area contributed by atoms with E-state index in [0.717, 1.165) is 28.3 Å². The highest BCUT2D eigenvalue weighted by Gasteiger charge is 2.27. The summed E-state index contributed by atoms with van der Waals surface area (Å²) in [5, 5.41) is 6.17. The lowest BCUT2D eigenvalue weighted by Gasteiger charge is -2.13. The molecule has 6 nitrogen and oxygen atoms in total. The van der Waals surface area contributed by atoms with Crippen LogP contribution >= 0.6 is 0 Å². The number of benzene rings is 1. The topological polar surface area (TPSA) is 71.8 Å². The standard InChI is InChI=1S/C21H19N5O/c1-3-11-26-17(13-23-19(26)4-2)14-8-9-16(20-15(14)12-24-21(20)27)25-18-7-5-6-10-22-18/h3-11,13H,2,12H2,1H3,(H,22,25)(H,24,27)/b11-3-. The summed E-state index contributed by atoms with van der Waals surface area (Å²) in [6, 6.07) is 9.54. The Balaban J connectivity index is 1.85. The lowest BCUT2D eigenvalue weighted by atomic mass is 9.99. The zero-order valence-electron chi connectivity index (χ0n) is 14.9. The largest absolute Gasteiger partial charge is 0.348 e. The molecule has 0 spiro atoms. The van der Waals surface area contributed by atoms with Crippen LogP contribution in [0.1, 0.15) is 28.7 Å². The molecule has 0 bridgehead atoms. The number of imidazole rings is 1. The van der Waals surface area contributed by atoms with Crippen LogP contribution < -0.4 is 10.6 Å². The van der Waals surface area contributed by atoms with Gasteiger partial charge in [0.1, 0.15) is 11.6 Å². The number of carbonyl (C=O) groups excluding carboxylic acids is 1. The summed E-state index contributed by atoms with van der Waals surface area (Å²) in [6.45, 7) is 6.25. The van der Waals surface area contributed by atoms with Crippen LogP contribution in [0.4, 0.5) is 11.5 Å². The summed E-state index contributed by atoms with van der Waals surface area (Å²) in [4.78, 5) is 21.2. The number of rotatable bonds is 5. The second-order valence-electron chi connectivity index (χ2n) is 6.10. The Morgan fingerprint density at radius 3 is 2.89 bits per heavy atom. The van der Waals surface area contributed by atoms with Crippen molar-refractivity contribution < 1.29 is 4.79 Å². The molecule has 1 aliphatic rings. The van der Waals surface area contributed by atoms with Crippen molar-refractivity contribution in [3.8, 4) is 11.3 Å². The molecule has 2 aromatic heterocycles. The van der Waals surface area contributed by atoms with Gasteiger partial charge in [0.2, 0.25) is 0 Å². The van der Waals surface area contributed by atoms with E-state index in [-0.39, 0.29) is 5.91 Å². The summed E-state index contributed by atoms with van der Waals surface area (Å²) in [5.41, 5.74) is 4.21. The number of anilines is 2. The molecule has 0 radical (unpaired) electrons. The van der Waals surface area contributed by atoms with Crippen LogP contribution in [0.25, 0.3) is 23.5 Å². The number of aromatic nitrogens is 3. The fourth-order valence-electron chi connectivity index (χ4n) is 3.30. The van der Waals surface area contributed by atoms with Crippen molar-refractivity contribution in [2.75, 3.05) is 5.32 Å². The predicted octanol–water partition coefficient (Wildman–Crippen LogP) is 4.07. The molecule has 134 valence electrons. The Labute approximate surface area is 157 Å². The van der Waals surface area contributed by atoms with E-state index in [0.29, 0.717) is 17.9 Å². The molecule has 0 atom stereocenters. The molecule has 27 heavy (non-hydrogen) atoms. The number of hydrogen-bond donors (Lipinski definition) is 2. The van der Waals surface area contributed by atoms with Gasteiger partial charge in [-0.15, -0.1) is 0 Å². The minimum atomic E-state index is -0.0914. The van der Waals surface area contributed by atoms with E-state index in [4.69, 9.17) is 0 Å². The van der Waals surface area contributed by atoms with Crippen molar-refractivity contribution in [1.82, 2.24) is 19.9 Å². The maximum absolute atomic E-state index is 12.5. The van der Waals surface area contributed by atoms with Crippen molar-refractivity contribution in [1.29, 1.82) is 0 Å². The Hall–Kier alpha value is -3.67. The number of fused-ring (bicyclic) bond motifs is 1. The average molecular weight is 357 g/mol. The SMILES string of the molecule is C=Cc1ncc(-c2ccc(Nc3ccccn3)c3c2CNC3=O)n1/C=C\C. The molecule has 1 amide bonds. The first-order valence-corrected chi connectivity index (χ1v) is 8.68. The van der Waals surface area contributed by atoms with Gasteiger partial charge in [0, 0.05) is 24.5 Å². The third-order valence-electron chi connectivity index (χ3n) is 4.48. The smallest absolute Gasteiger partial charge is 0.254 e. The Morgan fingerprint density at radius 2 is 2.15 bits per heavy atom. The van der Waals surface area contributed by atoms with Crippen LogP contribution in [0, 0.1) is 0 Å². The number of nitrogens with one attached hydrogen (secondary N) is 2. The molecule has 6 heteroatoms. The molecule has 2 N–H and O–H groups in total.